The molecule has 0 bridgehead atoms. The van der Waals surface area contributed by atoms with Crippen molar-refractivity contribution in [2.24, 2.45) is 0 Å². The molecule has 0 saturated heterocycles. The number of nitrogens with zero attached hydrogens (tertiary/aromatic N) is 1. The first kappa shape index (κ1) is 15.0. The average Bonchev–Trinajstić information content (AvgIpc) is 2.44. The molecule has 1 aromatic rings. The van der Waals surface area contributed by atoms with Crippen molar-refractivity contribution in [1.29, 1.82) is 0 Å². The standard InChI is InChI=1S/C16H21NO2/c1-4-10-17(11-5-2)16(18)14-8-7-9-15(13-14)19-12-6-3/h4-5,7-9,13H,1-2,6,10-12H2,3H3. The zero-order valence-corrected chi connectivity index (χ0v) is 11.5. The van der Waals surface area contributed by atoms with Crippen molar-refractivity contribution in [3.05, 3.63) is 55.1 Å². The second-order valence-corrected chi connectivity index (χ2v) is 4.16. The molecule has 102 valence electrons. The second-order valence-electron chi connectivity index (χ2n) is 4.16. The molecule has 1 rings (SSSR count). The Morgan fingerprint density at radius 2 is 2.00 bits per heavy atom. The Morgan fingerprint density at radius 3 is 2.58 bits per heavy atom. The minimum atomic E-state index is -0.0400. The first-order chi connectivity index (χ1) is 9.22. The summed E-state index contributed by atoms with van der Waals surface area (Å²) in [6.45, 7) is 11.0. The molecule has 0 radical (unpaired) electrons. The van der Waals surface area contributed by atoms with Crippen LogP contribution in [0.25, 0.3) is 0 Å². The van der Waals surface area contributed by atoms with Crippen LogP contribution in [0.5, 0.6) is 5.75 Å². The lowest BCUT2D eigenvalue weighted by Gasteiger charge is -2.19. The minimum Gasteiger partial charge on any atom is -0.494 e. The number of benzene rings is 1. The molecule has 19 heavy (non-hydrogen) atoms. The summed E-state index contributed by atoms with van der Waals surface area (Å²) in [6, 6.07) is 7.26. The van der Waals surface area contributed by atoms with E-state index in [0.29, 0.717) is 25.3 Å². The third kappa shape index (κ3) is 4.62. The minimum absolute atomic E-state index is 0.0400. The van der Waals surface area contributed by atoms with Crippen molar-refractivity contribution in [2.45, 2.75) is 13.3 Å². The lowest BCUT2D eigenvalue weighted by atomic mass is 10.2. The van der Waals surface area contributed by atoms with E-state index in [2.05, 4.69) is 13.2 Å². The maximum absolute atomic E-state index is 12.3. The molecule has 1 aromatic carbocycles. The Labute approximate surface area is 115 Å². The van der Waals surface area contributed by atoms with Gasteiger partial charge in [-0.25, -0.2) is 0 Å². The third-order valence-electron chi connectivity index (χ3n) is 2.54. The average molecular weight is 259 g/mol. The normalized spacial score (nSPS) is 9.74. The topological polar surface area (TPSA) is 29.5 Å². The third-order valence-corrected chi connectivity index (χ3v) is 2.54. The molecule has 0 saturated carbocycles. The van der Waals surface area contributed by atoms with Gasteiger partial charge in [-0.15, -0.1) is 13.2 Å². The summed E-state index contributed by atoms with van der Waals surface area (Å²) < 4.78 is 5.53. The molecule has 0 spiro atoms. The Bertz CT molecular complexity index is 430. The molecule has 0 aliphatic rings. The number of rotatable bonds is 8. The molecular weight excluding hydrogens is 238 g/mol. The first-order valence-electron chi connectivity index (χ1n) is 6.46. The van der Waals surface area contributed by atoms with Crippen LogP contribution in [0.4, 0.5) is 0 Å². The van der Waals surface area contributed by atoms with Gasteiger partial charge in [-0.3, -0.25) is 4.79 Å². The number of ether oxygens (including phenoxy) is 1. The Hall–Kier alpha value is -2.03. The van der Waals surface area contributed by atoms with Crippen LogP contribution in [0.1, 0.15) is 23.7 Å². The van der Waals surface area contributed by atoms with Crippen LogP contribution in [-0.4, -0.2) is 30.5 Å². The van der Waals surface area contributed by atoms with Crippen molar-refractivity contribution < 1.29 is 9.53 Å². The predicted molar refractivity (Wildman–Crippen MR) is 78.5 cm³/mol. The second kappa shape index (κ2) is 8.14. The van der Waals surface area contributed by atoms with E-state index in [4.69, 9.17) is 4.74 Å². The van der Waals surface area contributed by atoms with Crippen molar-refractivity contribution in [1.82, 2.24) is 4.90 Å². The summed E-state index contributed by atoms with van der Waals surface area (Å²) in [5.41, 5.74) is 0.623. The summed E-state index contributed by atoms with van der Waals surface area (Å²) >= 11 is 0. The highest BCUT2D eigenvalue weighted by Crippen LogP contribution is 2.15. The van der Waals surface area contributed by atoms with Gasteiger partial charge in [0.25, 0.3) is 5.91 Å². The van der Waals surface area contributed by atoms with Crippen LogP contribution in [-0.2, 0) is 0 Å². The summed E-state index contributed by atoms with van der Waals surface area (Å²) in [7, 11) is 0. The van der Waals surface area contributed by atoms with Crippen molar-refractivity contribution in [3.8, 4) is 5.75 Å². The predicted octanol–water partition coefficient (Wildman–Crippen LogP) is 3.29. The molecule has 0 fully saturated rings. The van der Waals surface area contributed by atoms with Gasteiger partial charge in [-0.1, -0.05) is 25.1 Å². The van der Waals surface area contributed by atoms with E-state index in [1.807, 2.05) is 19.1 Å². The van der Waals surface area contributed by atoms with Gasteiger partial charge in [-0.05, 0) is 24.6 Å². The Kier molecular flexibility index (Phi) is 6.44. The van der Waals surface area contributed by atoms with Gasteiger partial charge in [0.1, 0.15) is 5.75 Å². The summed E-state index contributed by atoms with van der Waals surface area (Å²) in [5, 5.41) is 0. The summed E-state index contributed by atoms with van der Waals surface area (Å²) in [6.07, 6.45) is 4.36. The number of amides is 1. The molecule has 0 aliphatic heterocycles. The molecule has 1 amide bonds. The fraction of sp³-hybridized carbons (Fsp3) is 0.312. The van der Waals surface area contributed by atoms with E-state index in [1.54, 1.807) is 29.2 Å². The van der Waals surface area contributed by atoms with Crippen LogP contribution in [0.3, 0.4) is 0 Å². The maximum atomic E-state index is 12.3. The zero-order valence-electron chi connectivity index (χ0n) is 11.5. The zero-order chi connectivity index (χ0) is 14.1. The molecule has 0 unspecified atom stereocenters. The summed E-state index contributed by atoms with van der Waals surface area (Å²) in [4.78, 5) is 14.0. The van der Waals surface area contributed by atoms with Crippen LogP contribution in [0.15, 0.2) is 49.6 Å². The van der Waals surface area contributed by atoms with E-state index >= 15 is 0 Å². The monoisotopic (exact) mass is 259 g/mol. The van der Waals surface area contributed by atoms with Crippen LogP contribution >= 0.6 is 0 Å². The highest BCUT2D eigenvalue weighted by atomic mass is 16.5. The molecule has 0 heterocycles. The van der Waals surface area contributed by atoms with Crippen LogP contribution in [0, 0.1) is 0 Å². The van der Waals surface area contributed by atoms with E-state index < -0.39 is 0 Å². The summed E-state index contributed by atoms with van der Waals surface area (Å²) in [5.74, 6) is 0.687. The van der Waals surface area contributed by atoms with Crippen LogP contribution < -0.4 is 4.74 Å². The van der Waals surface area contributed by atoms with Gasteiger partial charge in [0.15, 0.2) is 0 Å². The molecule has 0 N–H and O–H groups in total. The molecule has 0 aromatic heterocycles. The quantitative estimate of drug-likeness (QED) is 0.670. The Morgan fingerprint density at radius 1 is 1.32 bits per heavy atom. The van der Waals surface area contributed by atoms with E-state index in [-0.39, 0.29) is 5.91 Å². The highest BCUT2D eigenvalue weighted by molar-refractivity contribution is 5.94. The number of hydrogen-bond donors (Lipinski definition) is 0. The Balaban J connectivity index is 2.84. The van der Waals surface area contributed by atoms with Gasteiger partial charge in [0.05, 0.1) is 6.61 Å². The van der Waals surface area contributed by atoms with E-state index in [9.17, 15) is 4.79 Å². The lowest BCUT2D eigenvalue weighted by molar-refractivity contribution is 0.0790. The van der Waals surface area contributed by atoms with Crippen molar-refractivity contribution >= 4 is 5.91 Å². The smallest absolute Gasteiger partial charge is 0.254 e. The SMILES string of the molecule is C=CCN(CC=C)C(=O)c1cccc(OCCC)c1. The number of carbonyl (C=O) groups excluding carboxylic acids is 1. The molecule has 3 nitrogen and oxygen atoms in total. The van der Waals surface area contributed by atoms with Crippen molar-refractivity contribution in [2.75, 3.05) is 19.7 Å². The molecule has 0 atom stereocenters. The van der Waals surface area contributed by atoms with E-state index in [0.717, 1.165) is 12.2 Å². The van der Waals surface area contributed by atoms with Gasteiger partial charge < -0.3 is 9.64 Å². The van der Waals surface area contributed by atoms with Gasteiger partial charge in [-0.2, -0.15) is 0 Å². The van der Waals surface area contributed by atoms with E-state index in [1.165, 1.54) is 0 Å². The van der Waals surface area contributed by atoms with Gasteiger partial charge in [0.2, 0.25) is 0 Å². The maximum Gasteiger partial charge on any atom is 0.254 e. The number of hydrogen-bond acceptors (Lipinski definition) is 2. The highest BCUT2D eigenvalue weighted by Gasteiger charge is 2.13. The number of carbonyl (C=O) groups is 1. The fourth-order valence-corrected chi connectivity index (χ4v) is 1.67. The van der Waals surface area contributed by atoms with Crippen LogP contribution in [0.2, 0.25) is 0 Å². The first-order valence-corrected chi connectivity index (χ1v) is 6.46. The fourth-order valence-electron chi connectivity index (χ4n) is 1.67. The van der Waals surface area contributed by atoms with Gasteiger partial charge >= 0.3 is 0 Å². The molecular formula is C16H21NO2. The largest absolute Gasteiger partial charge is 0.494 e. The van der Waals surface area contributed by atoms with Crippen molar-refractivity contribution in [3.63, 3.8) is 0 Å². The van der Waals surface area contributed by atoms with Gasteiger partial charge in [0, 0.05) is 18.7 Å². The lowest BCUT2D eigenvalue weighted by Crippen LogP contribution is -2.31. The molecule has 0 aliphatic carbocycles. The molecule has 3 heteroatoms.